The summed E-state index contributed by atoms with van der Waals surface area (Å²) in [6, 6.07) is 18.8. The minimum Gasteiger partial charge on any atom is -0.352 e. The molecule has 4 aromatic rings. The van der Waals surface area contributed by atoms with E-state index in [4.69, 9.17) is 5.26 Å². The third kappa shape index (κ3) is 2.91. The van der Waals surface area contributed by atoms with E-state index in [1.165, 1.54) is 6.20 Å². The summed E-state index contributed by atoms with van der Waals surface area (Å²) in [4.78, 5) is 19.5. The van der Waals surface area contributed by atoms with E-state index in [-0.39, 0.29) is 5.56 Å². The molecule has 2 heterocycles. The van der Waals surface area contributed by atoms with Crippen molar-refractivity contribution in [3.63, 3.8) is 0 Å². The predicted molar refractivity (Wildman–Crippen MR) is 98.0 cm³/mol. The molecular formula is C19H14N6O. The van der Waals surface area contributed by atoms with Crippen molar-refractivity contribution in [1.82, 2.24) is 19.7 Å². The first-order valence-corrected chi connectivity index (χ1v) is 8.01. The number of hydrogen-bond acceptors (Lipinski definition) is 5. The number of nitrogens with one attached hydrogen (secondary N) is 2. The molecule has 7 heteroatoms. The Morgan fingerprint density at radius 2 is 1.88 bits per heavy atom. The van der Waals surface area contributed by atoms with Crippen LogP contribution in [0.3, 0.4) is 0 Å². The van der Waals surface area contributed by atoms with E-state index in [2.05, 4.69) is 26.5 Å². The number of anilines is 1. The Hall–Kier alpha value is -3.92. The van der Waals surface area contributed by atoms with E-state index in [1.807, 2.05) is 42.5 Å². The SMILES string of the molecule is N#Cc1ccc(CNc2nc3c(cnn3-c3ccccc3)c(=O)[nH]2)cc1. The van der Waals surface area contributed by atoms with Crippen LogP contribution in [0.15, 0.2) is 65.6 Å². The van der Waals surface area contributed by atoms with Gasteiger partial charge in [-0.25, -0.2) is 4.68 Å². The molecule has 0 radical (unpaired) electrons. The van der Waals surface area contributed by atoms with Crippen molar-refractivity contribution < 1.29 is 0 Å². The number of aromatic amines is 1. The fourth-order valence-corrected chi connectivity index (χ4v) is 2.64. The number of H-pyrrole nitrogens is 1. The summed E-state index contributed by atoms with van der Waals surface area (Å²) in [6.07, 6.45) is 1.51. The maximum atomic E-state index is 12.3. The van der Waals surface area contributed by atoms with Gasteiger partial charge in [-0.3, -0.25) is 9.78 Å². The number of para-hydroxylation sites is 1. The summed E-state index contributed by atoms with van der Waals surface area (Å²) in [5.41, 5.74) is 2.65. The zero-order chi connectivity index (χ0) is 17.9. The highest BCUT2D eigenvalue weighted by atomic mass is 16.1. The second-order valence-corrected chi connectivity index (χ2v) is 5.71. The summed E-state index contributed by atoms with van der Waals surface area (Å²) < 4.78 is 1.64. The fourth-order valence-electron chi connectivity index (χ4n) is 2.64. The number of nitriles is 1. The molecule has 0 saturated heterocycles. The lowest BCUT2D eigenvalue weighted by Crippen LogP contribution is -2.13. The van der Waals surface area contributed by atoms with Crippen LogP contribution in [-0.2, 0) is 6.54 Å². The topological polar surface area (TPSA) is 99.4 Å². The molecule has 0 atom stereocenters. The van der Waals surface area contributed by atoms with Crippen molar-refractivity contribution in [2.75, 3.05) is 5.32 Å². The predicted octanol–water partition coefficient (Wildman–Crippen LogP) is 2.59. The molecule has 0 aliphatic carbocycles. The summed E-state index contributed by atoms with van der Waals surface area (Å²) >= 11 is 0. The quantitative estimate of drug-likeness (QED) is 0.594. The monoisotopic (exact) mass is 342 g/mol. The molecular weight excluding hydrogens is 328 g/mol. The molecule has 0 unspecified atom stereocenters. The first-order chi connectivity index (χ1) is 12.7. The van der Waals surface area contributed by atoms with Gasteiger partial charge in [0.1, 0.15) is 5.39 Å². The van der Waals surface area contributed by atoms with Crippen LogP contribution in [-0.4, -0.2) is 19.7 Å². The van der Waals surface area contributed by atoms with Crippen LogP contribution >= 0.6 is 0 Å². The highest BCUT2D eigenvalue weighted by molar-refractivity contribution is 5.76. The van der Waals surface area contributed by atoms with Crippen molar-refractivity contribution >= 4 is 17.0 Å². The average Bonchev–Trinajstić information content (AvgIpc) is 3.12. The van der Waals surface area contributed by atoms with Gasteiger partial charge in [0.25, 0.3) is 5.56 Å². The molecule has 2 N–H and O–H groups in total. The molecule has 0 spiro atoms. The number of benzene rings is 2. The standard InChI is InChI=1S/C19H14N6O/c20-10-13-6-8-14(9-7-13)11-21-19-23-17-16(18(26)24-19)12-22-25(17)15-4-2-1-3-5-15/h1-9,12H,11H2,(H2,21,23,24,26). The fraction of sp³-hybridized carbons (Fsp3) is 0.0526. The van der Waals surface area contributed by atoms with Crippen LogP contribution in [0.1, 0.15) is 11.1 Å². The summed E-state index contributed by atoms with van der Waals surface area (Å²) in [5.74, 6) is 0.365. The summed E-state index contributed by atoms with van der Waals surface area (Å²) in [5, 5.41) is 16.7. The molecule has 0 aliphatic heterocycles. The van der Waals surface area contributed by atoms with Gasteiger partial charge in [0, 0.05) is 6.54 Å². The number of hydrogen-bond donors (Lipinski definition) is 2. The molecule has 4 rings (SSSR count). The largest absolute Gasteiger partial charge is 0.352 e. The maximum Gasteiger partial charge on any atom is 0.263 e. The van der Waals surface area contributed by atoms with Crippen LogP contribution in [0.4, 0.5) is 5.95 Å². The van der Waals surface area contributed by atoms with E-state index < -0.39 is 0 Å². The first-order valence-electron chi connectivity index (χ1n) is 8.01. The van der Waals surface area contributed by atoms with E-state index in [1.54, 1.807) is 16.8 Å². The zero-order valence-corrected chi connectivity index (χ0v) is 13.7. The van der Waals surface area contributed by atoms with E-state index in [0.717, 1.165) is 11.3 Å². The van der Waals surface area contributed by atoms with Crippen LogP contribution in [0.2, 0.25) is 0 Å². The van der Waals surface area contributed by atoms with Crippen LogP contribution < -0.4 is 10.9 Å². The summed E-state index contributed by atoms with van der Waals surface area (Å²) in [7, 11) is 0. The third-order valence-corrected chi connectivity index (χ3v) is 3.98. The normalized spacial score (nSPS) is 10.6. The van der Waals surface area contributed by atoms with Crippen molar-refractivity contribution in [3.8, 4) is 11.8 Å². The van der Waals surface area contributed by atoms with Crippen molar-refractivity contribution in [2.24, 2.45) is 0 Å². The van der Waals surface area contributed by atoms with Gasteiger partial charge >= 0.3 is 0 Å². The number of rotatable bonds is 4. The van der Waals surface area contributed by atoms with E-state index >= 15 is 0 Å². The van der Waals surface area contributed by atoms with Gasteiger partial charge in [0.15, 0.2) is 5.65 Å². The van der Waals surface area contributed by atoms with Crippen molar-refractivity contribution in [3.05, 3.63) is 82.3 Å². The highest BCUT2D eigenvalue weighted by Gasteiger charge is 2.11. The van der Waals surface area contributed by atoms with Gasteiger partial charge < -0.3 is 5.32 Å². The van der Waals surface area contributed by atoms with Gasteiger partial charge in [-0.05, 0) is 29.8 Å². The molecule has 0 saturated carbocycles. The van der Waals surface area contributed by atoms with Gasteiger partial charge in [-0.15, -0.1) is 0 Å². The Bertz CT molecular complexity index is 1150. The van der Waals surface area contributed by atoms with Crippen LogP contribution in [0.5, 0.6) is 0 Å². The molecule has 2 aromatic carbocycles. The van der Waals surface area contributed by atoms with Gasteiger partial charge in [0.2, 0.25) is 5.95 Å². The molecule has 0 aliphatic rings. The van der Waals surface area contributed by atoms with Crippen LogP contribution in [0.25, 0.3) is 16.7 Å². The van der Waals surface area contributed by atoms with Crippen LogP contribution in [0, 0.1) is 11.3 Å². The number of nitrogens with zero attached hydrogens (tertiary/aromatic N) is 4. The van der Waals surface area contributed by atoms with Gasteiger partial charge in [0.05, 0.1) is 23.5 Å². The van der Waals surface area contributed by atoms with Gasteiger partial charge in [-0.2, -0.15) is 15.3 Å². The maximum absolute atomic E-state index is 12.3. The Balaban J connectivity index is 1.65. The molecule has 0 fully saturated rings. The Morgan fingerprint density at radius 3 is 2.62 bits per heavy atom. The first kappa shape index (κ1) is 15.6. The Morgan fingerprint density at radius 1 is 1.12 bits per heavy atom. The number of aromatic nitrogens is 4. The summed E-state index contributed by atoms with van der Waals surface area (Å²) in [6.45, 7) is 0.472. The molecule has 7 nitrogen and oxygen atoms in total. The van der Waals surface area contributed by atoms with Crippen molar-refractivity contribution in [1.29, 1.82) is 5.26 Å². The molecule has 26 heavy (non-hydrogen) atoms. The van der Waals surface area contributed by atoms with E-state index in [0.29, 0.717) is 29.1 Å². The highest BCUT2D eigenvalue weighted by Crippen LogP contribution is 2.15. The smallest absolute Gasteiger partial charge is 0.263 e. The Labute approximate surface area is 148 Å². The lowest BCUT2D eigenvalue weighted by Gasteiger charge is -2.07. The van der Waals surface area contributed by atoms with Crippen molar-refractivity contribution in [2.45, 2.75) is 6.54 Å². The molecule has 0 bridgehead atoms. The minimum absolute atomic E-state index is 0.250. The minimum atomic E-state index is -0.250. The van der Waals surface area contributed by atoms with Gasteiger partial charge in [-0.1, -0.05) is 30.3 Å². The average molecular weight is 342 g/mol. The second-order valence-electron chi connectivity index (χ2n) is 5.71. The zero-order valence-electron chi connectivity index (χ0n) is 13.7. The lowest BCUT2D eigenvalue weighted by molar-refractivity contribution is 0.893. The Kier molecular flexibility index (Phi) is 3.92. The third-order valence-electron chi connectivity index (χ3n) is 3.98. The number of fused-ring (bicyclic) bond motifs is 1. The molecule has 126 valence electrons. The lowest BCUT2D eigenvalue weighted by atomic mass is 10.1. The van der Waals surface area contributed by atoms with E-state index in [9.17, 15) is 4.79 Å². The molecule has 2 aromatic heterocycles. The molecule has 0 amide bonds. The second kappa shape index (κ2) is 6.53.